The summed E-state index contributed by atoms with van der Waals surface area (Å²) in [5, 5.41) is 3.79. The van der Waals surface area contributed by atoms with Crippen LogP contribution < -0.4 is 11.1 Å². The first-order valence-electron chi connectivity index (χ1n) is 6.47. The summed E-state index contributed by atoms with van der Waals surface area (Å²) in [6.45, 7) is 1.79. The number of nitrogens with two attached hydrogens (primary N) is 1. The molecule has 110 valence electrons. The van der Waals surface area contributed by atoms with Crippen molar-refractivity contribution in [1.29, 1.82) is 0 Å². The number of carbonyl (C=O) groups excluding carboxylic acids is 1. The van der Waals surface area contributed by atoms with Gasteiger partial charge in [-0.3, -0.25) is 4.79 Å². The topological polar surface area (TPSA) is 55.1 Å². The molecule has 0 aromatic heterocycles. The maximum atomic E-state index is 11.9. The summed E-state index contributed by atoms with van der Waals surface area (Å²) < 4.78 is 0.995. The van der Waals surface area contributed by atoms with Gasteiger partial charge in [0.2, 0.25) is 5.91 Å². The van der Waals surface area contributed by atoms with Gasteiger partial charge in [-0.05, 0) is 42.8 Å². The Hall–Kier alpha value is -1.52. The molecule has 0 saturated heterocycles. The van der Waals surface area contributed by atoms with Gasteiger partial charge in [0.05, 0.1) is 0 Å². The number of hydrogen-bond donors (Lipinski definition) is 2. The van der Waals surface area contributed by atoms with Crippen LogP contribution in [-0.2, 0) is 11.2 Å². The van der Waals surface area contributed by atoms with Gasteiger partial charge in [-0.2, -0.15) is 0 Å². The minimum absolute atomic E-state index is 0.412. The molecule has 21 heavy (non-hydrogen) atoms. The Morgan fingerprint density at radius 1 is 1.29 bits per heavy atom. The lowest BCUT2D eigenvalue weighted by Crippen LogP contribution is -2.49. The van der Waals surface area contributed by atoms with Crippen molar-refractivity contribution in [3.05, 3.63) is 63.6 Å². The van der Waals surface area contributed by atoms with Crippen LogP contribution in [0.5, 0.6) is 0 Å². The zero-order valence-electron chi connectivity index (χ0n) is 11.6. The number of benzene rings is 2. The molecule has 0 bridgehead atoms. The summed E-state index contributed by atoms with van der Waals surface area (Å²) in [4.78, 5) is 11.9. The predicted molar refractivity (Wildman–Crippen MR) is 90.5 cm³/mol. The fourth-order valence-electron chi connectivity index (χ4n) is 2.09. The van der Waals surface area contributed by atoms with Crippen molar-refractivity contribution < 1.29 is 4.79 Å². The fourth-order valence-corrected chi connectivity index (χ4v) is 2.54. The van der Waals surface area contributed by atoms with Gasteiger partial charge in [0, 0.05) is 21.6 Å². The molecule has 0 heterocycles. The number of hydrogen-bond acceptors (Lipinski definition) is 2. The molecule has 1 atom stereocenters. The smallest absolute Gasteiger partial charge is 0.243 e. The molecule has 2 aromatic rings. The summed E-state index contributed by atoms with van der Waals surface area (Å²) in [5.74, 6) is -0.412. The highest BCUT2D eigenvalue weighted by molar-refractivity contribution is 9.10. The summed E-state index contributed by atoms with van der Waals surface area (Å²) in [6, 6.07) is 15.0. The van der Waals surface area contributed by atoms with Crippen molar-refractivity contribution in [3.8, 4) is 0 Å². The molecular weight excluding hydrogens is 352 g/mol. The molecule has 0 fully saturated rings. The maximum absolute atomic E-state index is 11.9. The molecule has 1 amide bonds. The summed E-state index contributed by atoms with van der Waals surface area (Å²) in [7, 11) is 0. The Kier molecular flexibility index (Phi) is 4.91. The first-order valence-corrected chi connectivity index (χ1v) is 7.64. The molecule has 0 radical (unpaired) electrons. The van der Waals surface area contributed by atoms with Gasteiger partial charge in [0.1, 0.15) is 5.54 Å². The molecule has 5 heteroatoms. The molecule has 0 spiro atoms. The van der Waals surface area contributed by atoms with Crippen molar-refractivity contribution in [1.82, 2.24) is 0 Å². The van der Waals surface area contributed by atoms with Crippen LogP contribution in [-0.4, -0.2) is 11.4 Å². The number of rotatable bonds is 5. The van der Waals surface area contributed by atoms with Crippen molar-refractivity contribution in [2.24, 2.45) is 5.73 Å². The monoisotopic (exact) mass is 366 g/mol. The van der Waals surface area contributed by atoms with Gasteiger partial charge in [0.15, 0.2) is 0 Å². The van der Waals surface area contributed by atoms with Gasteiger partial charge < -0.3 is 11.1 Å². The minimum Gasteiger partial charge on any atom is -0.371 e. The Morgan fingerprint density at radius 2 is 1.95 bits per heavy atom. The number of nitrogens with one attached hydrogen (secondary N) is 1. The van der Waals surface area contributed by atoms with E-state index in [1.807, 2.05) is 36.4 Å². The molecule has 0 saturated carbocycles. The lowest BCUT2D eigenvalue weighted by atomic mass is 9.91. The largest absolute Gasteiger partial charge is 0.371 e. The van der Waals surface area contributed by atoms with Gasteiger partial charge >= 0.3 is 0 Å². The molecular formula is C16H16BrClN2O. The maximum Gasteiger partial charge on any atom is 0.243 e. The number of primary amides is 1. The van der Waals surface area contributed by atoms with E-state index < -0.39 is 11.4 Å². The predicted octanol–water partition coefficient (Wildman–Crippen LogP) is 4.00. The van der Waals surface area contributed by atoms with Crippen molar-refractivity contribution in [2.45, 2.75) is 18.9 Å². The third kappa shape index (κ3) is 4.22. The zero-order chi connectivity index (χ0) is 15.5. The summed E-state index contributed by atoms with van der Waals surface area (Å²) in [5.41, 5.74) is 6.49. The zero-order valence-corrected chi connectivity index (χ0v) is 13.9. The van der Waals surface area contributed by atoms with Crippen LogP contribution in [0.2, 0.25) is 5.02 Å². The summed E-state index contributed by atoms with van der Waals surface area (Å²) >= 11 is 9.36. The van der Waals surface area contributed by atoms with Crippen molar-refractivity contribution in [2.75, 3.05) is 5.32 Å². The molecule has 0 aliphatic carbocycles. The number of carbonyl (C=O) groups is 1. The van der Waals surface area contributed by atoms with Crippen LogP contribution in [0.15, 0.2) is 53.0 Å². The molecule has 3 nitrogen and oxygen atoms in total. The van der Waals surface area contributed by atoms with E-state index in [2.05, 4.69) is 21.2 Å². The average molecular weight is 368 g/mol. The van der Waals surface area contributed by atoms with E-state index in [4.69, 9.17) is 17.3 Å². The molecule has 0 aliphatic heterocycles. The molecule has 2 aromatic carbocycles. The molecule has 1 unspecified atom stereocenters. The Labute approximate surface area is 137 Å². The van der Waals surface area contributed by atoms with Gasteiger partial charge in [-0.15, -0.1) is 0 Å². The van der Waals surface area contributed by atoms with E-state index in [1.165, 1.54) is 0 Å². The van der Waals surface area contributed by atoms with Crippen LogP contribution in [0, 0.1) is 0 Å². The quantitative estimate of drug-likeness (QED) is 0.839. The SMILES string of the molecule is CC(Cc1ccc(Br)cc1)(Nc1cccc(Cl)c1)C(N)=O. The van der Waals surface area contributed by atoms with Crippen LogP contribution in [0.4, 0.5) is 5.69 Å². The van der Waals surface area contributed by atoms with Crippen LogP contribution >= 0.6 is 27.5 Å². The minimum atomic E-state index is -0.890. The molecule has 3 N–H and O–H groups in total. The lowest BCUT2D eigenvalue weighted by Gasteiger charge is -2.29. The van der Waals surface area contributed by atoms with Crippen molar-refractivity contribution in [3.63, 3.8) is 0 Å². The second-order valence-electron chi connectivity index (χ2n) is 5.13. The number of anilines is 1. The number of halogens is 2. The fraction of sp³-hybridized carbons (Fsp3) is 0.188. The van der Waals surface area contributed by atoms with Crippen LogP contribution in [0.3, 0.4) is 0 Å². The van der Waals surface area contributed by atoms with Crippen LogP contribution in [0.1, 0.15) is 12.5 Å². The van der Waals surface area contributed by atoms with Crippen molar-refractivity contribution >= 4 is 39.1 Å². The van der Waals surface area contributed by atoms with E-state index in [9.17, 15) is 4.79 Å². The Morgan fingerprint density at radius 3 is 2.52 bits per heavy atom. The standard InChI is InChI=1S/C16H16BrClN2O/c1-16(15(19)21,10-11-5-7-12(17)8-6-11)20-14-4-2-3-13(18)9-14/h2-9,20H,10H2,1H3,(H2,19,21). The highest BCUT2D eigenvalue weighted by Gasteiger charge is 2.31. The van der Waals surface area contributed by atoms with Crippen LogP contribution in [0.25, 0.3) is 0 Å². The summed E-state index contributed by atoms with van der Waals surface area (Å²) in [6.07, 6.45) is 0.488. The van der Waals surface area contributed by atoms with E-state index in [-0.39, 0.29) is 0 Å². The van der Waals surface area contributed by atoms with Gasteiger partial charge in [-0.1, -0.05) is 45.7 Å². The second-order valence-corrected chi connectivity index (χ2v) is 6.49. The Balaban J connectivity index is 2.23. The highest BCUT2D eigenvalue weighted by Crippen LogP contribution is 2.23. The molecule has 0 aliphatic rings. The normalized spacial score (nSPS) is 13.5. The third-order valence-corrected chi connectivity index (χ3v) is 4.02. The third-order valence-electron chi connectivity index (χ3n) is 3.26. The molecule has 2 rings (SSSR count). The lowest BCUT2D eigenvalue weighted by molar-refractivity contribution is -0.121. The second kappa shape index (κ2) is 6.50. The van der Waals surface area contributed by atoms with E-state index in [1.54, 1.807) is 19.1 Å². The first kappa shape index (κ1) is 15.9. The van der Waals surface area contributed by atoms with Gasteiger partial charge in [0.25, 0.3) is 0 Å². The first-order chi connectivity index (χ1) is 9.89. The van der Waals surface area contributed by atoms with E-state index >= 15 is 0 Å². The van der Waals surface area contributed by atoms with E-state index in [0.29, 0.717) is 11.4 Å². The number of amides is 1. The Bertz CT molecular complexity index is 645. The highest BCUT2D eigenvalue weighted by atomic mass is 79.9. The van der Waals surface area contributed by atoms with Gasteiger partial charge in [-0.25, -0.2) is 0 Å². The average Bonchev–Trinajstić information content (AvgIpc) is 2.41. The van der Waals surface area contributed by atoms with E-state index in [0.717, 1.165) is 15.7 Å².